The molecule has 0 spiro atoms. The highest BCUT2D eigenvalue weighted by atomic mass is 16.8. The van der Waals surface area contributed by atoms with Crippen molar-refractivity contribution in [1.29, 1.82) is 0 Å². The predicted molar refractivity (Wildman–Crippen MR) is 49.6 cm³/mol. The minimum absolute atomic E-state index is 0.356. The number of carbonyl (C=O) groups is 1. The zero-order valence-corrected chi connectivity index (χ0v) is 8.47. The van der Waals surface area contributed by atoms with Gasteiger partial charge in [-0.25, -0.2) is 4.79 Å². The van der Waals surface area contributed by atoms with Crippen LogP contribution in [-0.2, 0) is 9.47 Å². The first-order valence-electron chi connectivity index (χ1n) is 5.02. The Hall–Kier alpha value is -0.730. The van der Waals surface area contributed by atoms with Crippen LogP contribution in [0.25, 0.3) is 0 Å². The van der Waals surface area contributed by atoms with Gasteiger partial charge in [0.15, 0.2) is 0 Å². The summed E-state index contributed by atoms with van der Waals surface area (Å²) < 4.78 is 9.83. The van der Waals surface area contributed by atoms with Crippen LogP contribution in [0.4, 0.5) is 4.79 Å². The lowest BCUT2D eigenvalue weighted by Gasteiger charge is -2.18. The molecule has 1 heterocycles. The summed E-state index contributed by atoms with van der Waals surface area (Å²) in [6, 6.07) is 0. The van der Waals surface area contributed by atoms with Crippen molar-refractivity contribution in [2.24, 2.45) is 0 Å². The van der Waals surface area contributed by atoms with Crippen molar-refractivity contribution in [3.05, 3.63) is 0 Å². The molecule has 0 bridgehead atoms. The van der Waals surface area contributed by atoms with Crippen molar-refractivity contribution in [1.82, 2.24) is 0 Å². The molecular weight excluding hydrogens is 168 g/mol. The third kappa shape index (κ3) is 3.25. The standard InChI is InChI=1S/C10H18O3/c1-3-4-5-6-7-10(2)8-12-9(11)13-10/h3-8H2,1-2H3. The molecule has 1 unspecified atom stereocenters. The number of hydrogen-bond donors (Lipinski definition) is 0. The zero-order valence-electron chi connectivity index (χ0n) is 8.47. The molecule has 1 saturated heterocycles. The molecule has 3 nitrogen and oxygen atoms in total. The molecule has 0 aromatic carbocycles. The Morgan fingerprint density at radius 3 is 2.69 bits per heavy atom. The van der Waals surface area contributed by atoms with Crippen LogP contribution in [0.2, 0.25) is 0 Å². The summed E-state index contributed by atoms with van der Waals surface area (Å²) >= 11 is 0. The fourth-order valence-corrected chi connectivity index (χ4v) is 1.52. The summed E-state index contributed by atoms with van der Waals surface area (Å²) in [5, 5.41) is 0. The van der Waals surface area contributed by atoms with Crippen LogP contribution < -0.4 is 0 Å². The van der Waals surface area contributed by atoms with Gasteiger partial charge in [-0.1, -0.05) is 26.2 Å². The Morgan fingerprint density at radius 2 is 2.15 bits per heavy atom. The van der Waals surface area contributed by atoms with E-state index >= 15 is 0 Å². The summed E-state index contributed by atoms with van der Waals surface area (Å²) in [5.74, 6) is 0. The van der Waals surface area contributed by atoms with Crippen LogP contribution in [0.5, 0.6) is 0 Å². The number of hydrogen-bond acceptors (Lipinski definition) is 3. The highest BCUT2D eigenvalue weighted by Crippen LogP contribution is 2.25. The lowest BCUT2D eigenvalue weighted by molar-refractivity contribution is 0.0624. The van der Waals surface area contributed by atoms with E-state index < -0.39 is 6.16 Å². The second-order valence-electron chi connectivity index (χ2n) is 3.90. The van der Waals surface area contributed by atoms with E-state index in [1.165, 1.54) is 19.3 Å². The van der Waals surface area contributed by atoms with Crippen molar-refractivity contribution < 1.29 is 14.3 Å². The Balaban J connectivity index is 2.16. The van der Waals surface area contributed by atoms with E-state index in [1.807, 2.05) is 6.92 Å². The summed E-state index contributed by atoms with van der Waals surface area (Å²) in [6.07, 6.45) is 5.21. The van der Waals surface area contributed by atoms with Crippen LogP contribution in [0, 0.1) is 0 Å². The number of rotatable bonds is 5. The van der Waals surface area contributed by atoms with E-state index in [1.54, 1.807) is 0 Å². The number of cyclic esters (lactones) is 2. The van der Waals surface area contributed by atoms with Crippen LogP contribution in [0.3, 0.4) is 0 Å². The van der Waals surface area contributed by atoms with Gasteiger partial charge in [-0.3, -0.25) is 0 Å². The summed E-state index contributed by atoms with van der Waals surface area (Å²) in [5.41, 5.74) is -0.356. The molecule has 1 aliphatic heterocycles. The molecule has 1 atom stereocenters. The molecule has 13 heavy (non-hydrogen) atoms. The van der Waals surface area contributed by atoms with Gasteiger partial charge in [0.1, 0.15) is 12.2 Å². The summed E-state index contributed by atoms with van der Waals surface area (Å²) in [6.45, 7) is 4.53. The maximum Gasteiger partial charge on any atom is 0.509 e. The van der Waals surface area contributed by atoms with Gasteiger partial charge in [-0.05, 0) is 19.8 Å². The molecule has 0 N–H and O–H groups in total. The highest BCUT2D eigenvalue weighted by molar-refractivity contribution is 5.62. The van der Waals surface area contributed by atoms with Crippen molar-refractivity contribution >= 4 is 6.16 Å². The van der Waals surface area contributed by atoms with Gasteiger partial charge in [0.05, 0.1) is 0 Å². The lowest BCUT2D eigenvalue weighted by atomic mass is 9.99. The highest BCUT2D eigenvalue weighted by Gasteiger charge is 2.36. The molecule has 0 saturated carbocycles. The minimum Gasteiger partial charge on any atom is -0.430 e. The van der Waals surface area contributed by atoms with Gasteiger partial charge in [0.25, 0.3) is 0 Å². The fourth-order valence-electron chi connectivity index (χ4n) is 1.52. The molecule has 1 aliphatic rings. The average molecular weight is 186 g/mol. The van der Waals surface area contributed by atoms with Gasteiger partial charge < -0.3 is 9.47 Å². The third-order valence-electron chi connectivity index (χ3n) is 2.38. The summed E-state index contributed by atoms with van der Waals surface area (Å²) in [4.78, 5) is 10.7. The monoisotopic (exact) mass is 186 g/mol. The molecule has 76 valence electrons. The molecule has 1 fully saturated rings. The first-order valence-corrected chi connectivity index (χ1v) is 5.02. The van der Waals surface area contributed by atoms with Gasteiger partial charge in [0.2, 0.25) is 0 Å². The largest absolute Gasteiger partial charge is 0.509 e. The zero-order chi connectivity index (χ0) is 9.73. The Morgan fingerprint density at radius 1 is 1.38 bits per heavy atom. The summed E-state index contributed by atoms with van der Waals surface area (Å²) in [7, 11) is 0. The van der Waals surface area contributed by atoms with E-state index in [2.05, 4.69) is 6.92 Å². The molecule has 0 aliphatic carbocycles. The first kappa shape index (κ1) is 10.4. The number of ether oxygens (including phenoxy) is 2. The van der Waals surface area contributed by atoms with Crippen LogP contribution in [0.15, 0.2) is 0 Å². The second kappa shape index (κ2) is 4.49. The van der Waals surface area contributed by atoms with E-state index in [0.717, 1.165) is 12.8 Å². The number of carbonyl (C=O) groups excluding carboxylic acids is 1. The molecule has 0 aromatic heterocycles. The normalized spacial score (nSPS) is 27.1. The smallest absolute Gasteiger partial charge is 0.430 e. The molecule has 0 amide bonds. The van der Waals surface area contributed by atoms with E-state index in [9.17, 15) is 4.79 Å². The maximum absolute atomic E-state index is 10.7. The predicted octanol–water partition coefficient (Wildman–Crippen LogP) is 2.88. The van der Waals surface area contributed by atoms with Crippen molar-refractivity contribution in [3.8, 4) is 0 Å². The Labute approximate surface area is 79.4 Å². The van der Waals surface area contributed by atoms with Gasteiger partial charge in [-0.2, -0.15) is 0 Å². The SMILES string of the molecule is CCCCCCC1(C)COC(=O)O1. The fraction of sp³-hybridized carbons (Fsp3) is 0.900. The minimum atomic E-state index is -0.516. The van der Waals surface area contributed by atoms with Gasteiger partial charge in [0, 0.05) is 0 Å². The van der Waals surface area contributed by atoms with E-state index in [-0.39, 0.29) is 5.60 Å². The maximum atomic E-state index is 10.7. The molecule has 0 aromatic rings. The van der Waals surface area contributed by atoms with Crippen molar-refractivity contribution in [3.63, 3.8) is 0 Å². The van der Waals surface area contributed by atoms with Crippen LogP contribution in [0.1, 0.15) is 46.0 Å². The van der Waals surface area contributed by atoms with Crippen LogP contribution in [-0.4, -0.2) is 18.4 Å². The molecule has 3 heteroatoms. The third-order valence-corrected chi connectivity index (χ3v) is 2.38. The Kier molecular flexibility index (Phi) is 3.58. The van der Waals surface area contributed by atoms with Crippen molar-refractivity contribution in [2.45, 2.75) is 51.6 Å². The molecule has 0 radical (unpaired) electrons. The molecular formula is C10H18O3. The van der Waals surface area contributed by atoms with E-state index in [0.29, 0.717) is 6.61 Å². The number of unbranched alkanes of at least 4 members (excludes halogenated alkanes) is 3. The quantitative estimate of drug-likeness (QED) is 0.489. The van der Waals surface area contributed by atoms with Crippen molar-refractivity contribution in [2.75, 3.05) is 6.61 Å². The first-order chi connectivity index (χ1) is 6.16. The van der Waals surface area contributed by atoms with Gasteiger partial charge in [-0.15, -0.1) is 0 Å². The molecule has 1 rings (SSSR count). The van der Waals surface area contributed by atoms with Crippen LogP contribution >= 0.6 is 0 Å². The van der Waals surface area contributed by atoms with Gasteiger partial charge >= 0.3 is 6.16 Å². The topological polar surface area (TPSA) is 35.5 Å². The lowest BCUT2D eigenvalue weighted by Crippen LogP contribution is -2.27. The average Bonchev–Trinajstić information content (AvgIpc) is 2.41. The van der Waals surface area contributed by atoms with E-state index in [4.69, 9.17) is 9.47 Å². The second-order valence-corrected chi connectivity index (χ2v) is 3.90. The Bertz CT molecular complexity index is 179.